The lowest BCUT2D eigenvalue weighted by Gasteiger charge is -2.55. The van der Waals surface area contributed by atoms with E-state index in [9.17, 15) is 14.4 Å². The summed E-state index contributed by atoms with van der Waals surface area (Å²) in [6.07, 6.45) is 5.47. The van der Waals surface area contributed by atoms with Crippen molar-refractivity contribution in [3.05, 3.63) is 24.3 Å². The first kappa shape index (κ1) is 19.2. The van der Waals surface area contributed by atoms with Gasteiger partial charge in [0.1, 0.15) is 6.61 Å². The number of esters is 1. The number of nitrogens with one attached hydrogen (secondary N) is 2. The molecule has 4 bridgehead atoms. The van der Waals surface area contributed by atoms with E-state index in [-0.39, 0.29) is 12.6 Å². The number of hydrogen-bond donors (Lipinski definition) is 2. The van der Waals surface area contributed by atoms with Gasteiger partial charge < -0.3 is 14.2 Å². The first-order chi connectivity index (χ1) is 14.5. The minimum absolute atomic E-state index is 0.0414. The Morgan fingerprint density at radius 2 is 1.60 bits per heavy atom. The molecule has 30 heavy (non-hydrogen) atoms. The van der Waals surface area contributed by atoms with Crippen molar-refractivity contribution < 1.29 is 28.6 Å². The van der Waals surface area contributed by atoms with Gasteiger partial charge in [0, 0.05) is 0 Å². The topological polar surface area (TPSA) is 103 Å². The van der Waals surface area contributed by atoms with Gasteiger partial charge in [-0.3, -0.25) is 25.2 Å². The maximum Gasteiger partial charge on any atom is 0.312 e. The third-order valence-electron chi connectivity index (χ3n) is 6.93. The Kier molecular flexibility index (Phi) is 4.79. The van der Waals surface area contributed by atoms with Gasteiger partial charge in [0.05, 0.1) is 5.41 Å². The van der Waals surface area contributed by atoms with Crippen molar-refractivity contribution in [2.24, 2.45) is 23.2 Å². The van der Waals surface area contributed by atoms with Gasteiger partial charge in [0.25, 0.3) is 11.8 Å². The highest BCUT2D eigenvalue weighted by Crippen LogP contribution is 2.60. The molecule has 0 spiro atoms. The number of ether oxygens (including phenoxy) is 3. The van der Waals surface area contributed by atoms with Crippen molar-refractivity contribution in [1.29, 1.82) is 0 Å². The van der Waals surface area contributed by atoms with Gasteiger partial charge in [0.2, 0.25) is 6.10 Å². The van der Waals surface area contributed by atoms with Crippen LogP contribution in [0.2, 0.25) is 0 Å². The molecule has 4 saturated carbocycles. The fourth-order valence-corrected chi connectivity index (χ4v) is 6.04. The predicted molar refractivity (Wildman–Crippen MR) is 104 cm³/mol. The van der Waals surface area contributed by atoms with Gasteiger partial charge in [-0.05, 0) is 68.4 Å². The molecule has 5 aliphatic rings. The van der Waals surface area contributed by atoms with Gasteiger partial charge in [-0.25, -0.2) is 0 Å². The zero-order chi connectivity index (χ0) is 20.7. The molecule has 2 N–H and O–H groups in total. The van der Waals surface area contributed by atoms with Crippen LogP contribution in [-0.4, -0.2) is 37.1 Å². The van der Waals surface area contributed by atoms with Crippen molar-refractivity contribution in [1.82, 2.24) is 10.9 Å². The molecule has 1 atom stereocenters. The van der Waals surface area contributed by atoms with Crippen LogP contribution in [-0.2, 0) is 19.1 Å². The molecule has 0 radical (unpaired) electrons. The number of para-hydroxylation sites is 2. The first-order valence-corrected chi connectivity index (χ1v) is 10.7. The number of hydrazine groups is 1. The van der Waals surface area contributed by atoms with Crippen LogP contribution in [0.3, 0.4) is 0 Å². The molecule has 0 saturated heterocycles. The zero-order valence-electron chi connectivity index (χ0n) is 16.7. The smallest absolute Gasteiger partial charge is 0.312 e. The maximum absolute atomic E-state index is 12.8. The molecule has 0 aromatic heterocycles. The predicted octanol–water partition coefficient (Wildman–Crippen LogP) is 1.73. The lowest BCUT2D eigenvalue weighted by molar-refractivity contribution is -0.173. The molecule has 160 valence electrons. The van der Waals surface area contributed by atoms with Crippen molar-refractivity contribution >= 4 is 17.8 Å². The molecule has 6 rings (SSSR count). The summed E-state index contributed by atoms with van der Waals surface area (Å²) in [5.41, 5.74) is 4.19. The van der Waals surface area contributed by atoms with Crippen LogP contribution in [0.4, 0.5) is 0 Å². The molecule has 1 aromatic rings. The highest BCUT2D eigenvalue weighted by molar-refractivity contribution is 5.87. The van der Waals surface area contributed by atoms with Gasteiger partial charge in [-0.2, -0.15) is 0 Å². The Morgan fingerprint density at radius 1 is 0.967 bits per heavy atom. The minimum Gasteiger partial charge on any atom is -0.485 e. The Hall–Kier alpha value is -2.77. The van der Waals surface area contributed by atoms with Crippen molar-refractivity contribution in [2.75, 3.05) is 13.2 Å². The molecule has 8 heteroatoms. The Balaban J connectivity index is 1.08. The number of rotatable bonds is 4. The van der Waals surface area contributed by atoms with Crippen LogP contribution in [0.1, 0.15) is 38.5 Å². The standard InChI is InChI=1S/C22H26N2O6/c25-19(23-24-20(26)18-11-28-16-3-1-2-4-17(16)30-18)12-29-21(27)22-8-13-5-14(9-22)7-15(6-13)10-22/h1-4,13-15,18H,5-12H2,(H,23,25)(H,24,26)/t13?,14?,15?,18-,22?/m1/s1. The molecule has 4 aliphatic carbocycles. The van der Waals surface area contributed by atoms with Crippen LogP contribution >= 0.6 is 0 Å². The second-order valence-corrected chi connectivity index (χ2v) is 9.18. The molecule has 8 nitrogen and oxygen atoms in total. The van der Waals surface area contributed by atoms with E-state index in [0.717, 1.165) is 19.3 Å². The van der Waals surface area contributed by atoms with Crippen molar-refractivity contribution in [3.8, 4) is 11.5 Å². The minimum atomic E-state index is -0.880. The average molecular weight is 414 g/mol. The summed E-state index contributed by atoms with van der Waals surface area (Å²) in [5, 5.41) is 0. The summed E-state index contributed by atoms with van der Waals surface area (Å²) >= 11 is 0. The summed E-state index contributed by atoms with van der Waals surface area (Å²) < 4.78 is 16.4. The Bertz CT molecular complexity index is 834. The lowest BCUT2D eigenvalue weighted by atomic mass is 9.49. The molecular weight excluding hydrogens is 388 g/mol. The van der Waals surface area contributed by atoms with Crippen LogP contribution < -0.4 is 20.3 Å². The van der Waals surface area contributed by atoms with E-state index in [1.54, 1.807) is 18.2 Å². The molecule has 2 amide bonds. The summed E-state index contributed by atoms with van der Waals surface area (Å²) in [5.74, 6) is 1.54. The van der Waals surface area contributed by atoms with Crippen molar-refractivity contribution in [3.63, 3.8) is 0 Å². The largest absolute Gasteiger partial charge is 0.485 e. The van der Waals surface area contributed by atoms with E-state index in [2.05, 4.69) is 10.9 Å². The molecule has 1 aromatic carbocycles. The summed E-state index contributed by atoms with van der Waals surface area (Å²) in [6.45, 7) is -0.370. The van der Waals surface area contributed by atoms with E-state index in [4.69, 9.17) is 14.2 Å². The number of hydrogen-bond acceptors (Lipinski definition) is 6. The Labute approximate surface area is 174 Å². The third-order valence-corrected chi connectivity index (χ3v) is 6.93. The third kappa shape index (κ3) is 3.59. The molecule has 1 heterocycles. The van der Waals surface area contributed by atoms with E-state index < -0.39 is 29.9 Å². The van der Waals surface area contributed by atoms with E-state index in [0.29, 0.717) is 29.3 Å². The van der Waals surface area contributed by atoms with Gasteiger partial charge in [-0.1, -0.05) is 12.1 Å². The lowest BCUT2D eigenvalue weighted by Crippen LogP contribution is -2.53. The monoisotopic (exact) mass is 414 g/mol. The first-order valence-electron chi connectivity index (χ1n) is 10.7. The number of carbonyl (C=O) groups is 3. The highest BCUT2D eigenvalue weighted by atomic mass is 16.6. The van der Waals surface area contributed by atoms with E-state index in [1.165, 1.54) is 19.3 Å². The fraction of sp³-hybridized carbons (Fsp3) is 0.591. The van der Waals surface area contributed by atoms with Gasteiger partial charge in [0.15, 0.2) is 18.1 Å². The fourth-order valence-electron chi connectivity index (χ4n) is 6.04. The number of benzene rings is 1. The van der Waals surface area contributed by atoms with Crippen LogP contribution in [0.25, 0.3) is 0 Å². The van der Waals surface area contributed by atoms with Crippen LogP contribution in [0.15, 0.2) is 24.3 Å². The number of fused-ring (bicyclic) bond motifs is 1. The number of amides is 2. The second-order valence-electron chi connectivity index (χ2n) is 9.18. The highest BCUT2D eigenvalue weighted by Gasteiger charge is 2.55. The summed E-state index contributed by atoms with van der Waals surface area (Å²) in [4.78, 5) is 37.1. The SMILES string of the molecule is O=C(COC(=O)C12CC3CC(CC(C3)C1)C2)NNC(=O)[C@H]1COc2ccccc2O1. The van der Waals surface area contributed by atoms with Gasteiger partial charge in [-0.15, -0.1) is 0 Å². The normalized spacial score (nSPS) is 32.9. The summed E-state index contributed by atoms with van der Waals surface area (Å²) in [6, 6.07) is 7.05. The van der Waals surface area contributed by atoms with Crippen LogP contribution in [0, 0.1) is 23.2 Å². The van der Waals surface area contributed by atoms with Crippen molar-refractivity contribution in [2.45, 2.75) is 44.6 Å². The molecule has 4 fully saturated rings. The zero-order valence-corrected chi connectivity index (χ0v) is 16.7. The number of carbonyl (C=O) groups excluding carboxylic acids is 3. The van der Waals surface area contributed by atoms with E-state index in [1.807, 2.05) is 6.07 Å². The average Bonchev–Trinajstić information content (AvgIpc) is 2.74. The Morgan fingerprint density at radius 3 is 2.27 bits per heavy atom. The van der Waals surface area contributed by atoms with Crippen LogP contribution in [0.5, 0.6) is 11.5 Å². The quantitative estimate of drug-likeness (QED) is 0.575. The van der Waals surface area contributed by atoms with Gasteiger partial charge >= 0.3 is 5.97 Å². The van der Waals surface area contributed by atoms with E-state index >= 15 is 0 Å². The molecule has 1 aliphatic heterocycles. The maximum atomic E-state index is 12.8. The second kappa shape index (κ2) is 7.49. The summed E-state index contributed by atoms with van der Waals surface area (Å²) in [7, 11) is 0. The molecule has 0 unspecified atom stereocenters. The molecular formula is C22H26N2O6.